The number of hydrogen-bond acceptors (Lipinski definition) is 3. The minimum atomic E-state index is -0.790. The van der Waals surface area contributed by atoms with Crippen molar-refractivity contribution in [3.63, 3.8) is 0 Å². The molecule has 1 aliphatic heterocycles. The van der Waals surface area contributed by atoms with Gasteiger partial charge in [-0.2, -0.15) is 0 Å². The lowest BCUT2D eigenvalue weighted by molar-refractivity contribution is -0.123. The van der Waals surface area contributed by atoms with E-state index in [2.05, 4.69) is 4.90 Å². The number of aliphatic hydroxyl groups excluding tert-OH is 1. The quantitative estimate of drug-likeness (QED) is 0.519. The summed E-state index contributed by atoms with van der Waals surface area (Å²) >= 11 is 0. The Kier molecular flexibility index (Phi) is 8.47. The molecule has 0 bridgehead atoms. The van der Waals surface area contributed by atoms with E-state index in [4.69, 9.17) is 10.8 Å². The van der Waals surface area contributed by atoms with Crippen LogP contribution in [0.5, 0.6) is 0 Å². The molecular formula is C26H36N2O2. The van der Waals surface area contributed by atoms with Gasteiger partial charge in [-0.05, 0) is 49.4 Å². The van der Waals surface area contributed by atoms with Gasteiger partial charge in [-0.25, -0.2) is 0 Å². The highest BCUT2D eigenvalue weighted by Gasteiger charge is 2.49. The molecular weight excluding hydrogens is 372 g/mol. The van der Waals surface area contributed by atoms with Crippen LogP contribution in [0.15, 0.2) is 60.7 Å². The van der Waals surface area contributed by atoms with E-state index in [-0.39, 0.29) is 11.8 Å². The maximum absolute atomic E-state index is 13.1. The van der Waals surface area contributed by atoms with Gasteiger partial charge in [-0.15, -0.1) is 0 Å². The molecule has 30 heavy (non-hydrogen) atoms. The molecule has 1 heterocycles. The number of hydrogen-bond donors (Lipinski definition) is 2. The number of carbonyl (C=O) groups is 1. The fourth-order valence-corrected chi connectivity index (χ4v) is 5.07. The van der Waals surface area contributed by atoms with Crippen LogP contribution in [-0.4, -0.2) is 42.2 Å². The SMILES string of the molecule is NC(=O)C(c1ccccc1)(c1ccccc1)[C@@H]1CCN(CCCCCCCCO)C1. The zero-order valence-corrected chi connectivity index (χ0v) is 18.0. The van der Waals surface area contributed by atoms with Crippen LogP contribution < -0.4 is 5.73 Å². The summed E-state index contributed by atoms with van der Waals surface area (Å²) in [4.78, 5) is 15.6. The topological polar surface area (TPSA) is 66.6 Å². The molecule has 3 N–H and O–H groups in total. The number of unbranched alkanes of at least 4 members (excludes halogenated alkanes) is 5. The summed E-state index contributed by atoms with van der Waals surface area (Å²) in [5, 5.41) is 8.87. The molecule has 0 spiro atoms. The molecule has 162 valence electrons. The van der Waals surface area contributed by atoms with Gasteiger partial charge in [0.25, 0.3) is 0 Å². The first-order chi connectivity index (χ1) is 14.7. The Morgan fingerprint density at radius 2 is 1.43 bits per heavy atom. The highest BCUT2D eigenvalue weighted by molar-refractivity contribution is 5.91. The van der Waals surface area contributed by atoms with Gasteiger partial charge in [0.1, 0.15) is 5.41 Å². The van der Waals surface area contributed by atoms with E-state index < -0.39 is 5.41 Å². The van der Waals surface area contributed by atoms with Crippen LogP contribution in [0.2, 0.25) is 0 Å². The average Bonchev–Trinajstić information content (AvgIpc) is 3.24. The second-order valence-electron chi connectivity index (χ2n) is 8.54. The van der Waals surface area contributed by atoms with E-state index in [0.717, 1.165) is 50.0 Å². The number of likely N-dealkylation sites (tertiary alicyclic amines) is 1. The van der Waals surface area contributed by atoms with Crippen molar-refractivity contribution in [2.75, 3.05) is 26.2 Å². The smallest absolute Gasteiger partial charge is 0.232 e. The molecule has 4 nitrogen and oxygen atoms in total. The van der Waals surface area contributed by atoms with Gasteiger partial charge in [0.15, 0.2) is 0 Å². The Labute approximate surface area is 181 Å². The van der Waals surface area contributed by atoms with Crippen LogP contribution in [0.1, 0.15) is 56.1 Å². The Balaban J connectivity index is 1.71. The summed E-state index contributed by atoms with van der Waals surface area (Å²) in [5.74, 6) is -0.0833. The molecule has 1 aliphatic rings. The normalized spacial score (nSPS) is 17.3. The number of carbonyl (C=O) groups excluding carboxylic acids is 1. The summed E-state index contributed by atoms with van der Waals surface area (Å²) in [5.41, 5.74) is 7.37. The molecule has 0 aliphatic carbocycles. The minimum absolute atomic E-state index is 0.171. The summed E-state index contributed by atoms with van der Waals surface area (Å²) in [6, 6.07) is 20.2. The van der Waals surface area contributed by atoms with E-state index in [9.17, 15) is 4.79 Å². The van der Waals surface area contributed by atoms with Gasteiger partial charge < -0.3 is 15.7 Å². The fraction of sp³-hybridized carbons (Fsp3) is 0.500. The van der Waals surface area contributed by atoms with Crippen molar-refractivity contribution in [2.24, 2.45) is 11.7 Å². The Morgan fingerprint density at radius 1 is 0.900 bits per heavy atom. The van der Waals surface area contributed by atoms with Gasteiger partial charge >= 0.3 is 0 Å². The largest absolute Gasteiger partial charge is 0.396 e. The third-order valence-corrected chi connectivity index (χ3v) is 6.61. The molecule has 0 saturated carbocycles. The van der Waals surface area contributed by atoms with Crippen molar-refractivity contribution < 1.29 is 9.90 Å². The number of benzene rings is 2. The van der Waals surface area contributed by atoms with Gasteiger partial charge in [-0.3, -0.25) is 4.79 Å². The second kappa shape index (κ2) is 11.3. The zero-order chi connectivity index (χ0) is 21.2. The third-order valence-electron chi connectivity index (χ3n) is 6.61. The number of aliphatic hydroxyl groups is 1. The van der Waals surface area contributed by atoms with Gasteiger partial charge in [0, 0.05) is 13.2 Å². The monoisotopic (exact) mass is 408 g/mol. The fourth-order valence-electron chi connectivity index (χ4n) is 5.07. The van der Waals surface area contributed by atoms with E-state index in [1.807, 2.05) is 60.7 Å². The van der Waals surface area contributed by atoms with E-state index in [0.29, 0.717) is 6.61 Å². The molecule has 1 saturated heterocycles. The molecule has 3 rings (SSSR count). The summed E-state index contributed by atoms with van der Waals surface area (Å²) < 4.78 is 0. The first-order valence-electron chi connectivity index (χ1n) is 11.4. The van der Waals surface area contributed by atoms with Crippen molar-refractivity contribution in [1.82, 2.24) is 4.90 Å². The van der Waals surface area contributed by atoms with Crippen LogP contribution in [0.25, 0.3) is 0 Å². The number of nitrogens with two attached hydrogens (primary N) is 1. The molecule has 1 atom stereocenters. The lowest BCUT2D eigenvalue weighted by Gasteiger charge is -2.37. The van der Waals surface area contributed by atoms with Gasteiger partial charge in [0.2, 0.25) is 5.91 Å². The maximum Gasteiger partial charge on any atom is 0.232 e. The van der Waals surface area contributed by atoms with Crippen LogP contribution in [0, 0.1) is 5.92 Å². The van der Waals surface area contributed by atoms with E-state index in [1.165, 1.54) is 25.7 Å². The number of rotatable bonds is 12. The number of amides is 1. The first kappa shape index (κ1) is 22.5. The average molecular weight is 409 g/mol. The third kappa shape index (κ3) is 5.11. The van der Waals surface area contributed by atoms with Crippen LogP contribution in [-0.2, 0) is 10.2 Å². The second-order valence-corrected chi connectivity index (χ2v) is 8.54. The minimum Gasteiger partial charge on any atom is -0.396 e. The summed E-state index contributed by atoms with van der Waals surface area (Å²) in [6.45, 7) is 3.30. The van der Waals surface area contributed by atoms with Crippen molar-refractivity contribution in [2.45, 2.75) is 50.4 Å². The first-order valence-corrected chi connectivity index (χ1v) is 11.4. The van der Waals surface area contributed by atoms with E-state index in [1.54, 1.807) is 0 Å². The lowest BCUT2D eigenvalue weighted by atomic mass is 9.64. The van der Waals surface area contributed by atoms with Crippen LogP contribution >= 0.6 is 0 Å². The van der Waals surface area contributed by atoms with Crippen molar-refractivity contribution in [3.05, 3.63) is 71.8 Å². The molecule has 0 unspecified atom stereocenters. The van der Waals surface area contributed by atoms with Gasteiger partial charge in [-0.1, -0.05) is 86.3 Å². The van der Waals surface area contributed by atoms with E-state index >= 15 is 0 Å². The predicted molar refractivity (Wildman–Crippen MR) is 122 cm³/mol. The standard InChI is InChI=1S/C26H36N2O2/c27-25(30)26(22-13-7-5-8-14-22,23-15-9-6-10-16-23)24-17-19-28(21-24)18-11-3-1-2-4-12-20-29/h5-10,13-16,24,29H,1-4,11-12,17-21H2,(H2,27,30)/t24-/m1/s1. The Bertz CT molecular complexity index is 724. The summed E-state index contributed by atoms with van der Waals surface area (Å²) in [6.07, 6.45) is 7.87. The number of primary amides is 1. The van der Waals surface area contributed by atoms with Crippen LogP contribution in [0.4, 0.5) is 0 Å². The Hall–Kier alpha value is -2.17. The Morgan fingerprint density at radius 3 is 1.97 bits per heavy atom. The molecule has 0 aromatic heterocycles. The predicted octanol–water partition coefficient (Wildman–Crippen LogP) is 4.11. The molecule has 0 radical (unpaired) electrons. The highest BCUT2D eigenvalue weighted by atomic mass is 16.2. The maximum atomic E-state index is 13.1. The van der Waals surface area contributed by atoms with Gasteiger partial charge in [0.05, 0.1) is 0 Å². The lowest BCUT2D eigenvalue weighted by Crippen LogP contribution is -2.49. The van der Waals surface area contributed by atoms with Crippen LogP contribution in [0.3, 0.4) is 0 Å². The molecule has 2 aromatic rings. The zero-order valence-electron chi connectivity index (χ0n) is 18.0. The molecule has 4 heteroatoms. The highest BCUT2D eigenvalue weighted by Crippen LogP contribution is 2.43. The molecule has 1 amide bonds. The molecule has 2 aromatic carbocycles. The van der Waals surface area contributed by atoms with Crippen molar-refractivity contribution in [3.8, 4) is 0 Å². The van der Waals surface area contributed by atoms with Crippen molar-refractivity contribution >= 4 is 5.91 Å². The number of nitrogens with zero attached hydrogens (tertiary/aromatic N) is 1. The molecule has 1 fully saturated rings. The van der Waals surface area contributed by atoms with Crippen molar-refractivity contribution in [1.29, 1.82) is 0 Å². The summed E-state index contributed by atoms with van der Waals surface area (Å²) in [7, 11) is 0.